The maximum atomic E-state index is 13.3. The van der Waals surface area contributed by atoms with Crippen LogP contribution in [0.2, 0.25) is 0 Å². The van der Waals surface area contributed by atoms with Gasteiger partial charge in [-0.1, -0.05) is 51.1 Å². The Labute approximate surface area is 132 Å². The second kappa shape index (κ2) is 4.93. The summed E-state index contributed by atoms with van der Waals surface area (Å²) in [6.07, 6.45) is 0.976. The number of nitriles is 1. The first-order valence-electron chi connectivity index (χ1n) is 8.09. The van der Waals surface area contributed by atoms with E-state index in [1.807, 2.05) is 37.4 Å². The van der Waals surface area contributed by atoms with Crippen molar-refractivity contribution in [2.75, 3.05) is 7.05 Å². The predicted molar refractivity (Wildman–Crippen MR) is 86.1 cm³/mol. The van der Waals surface area contributed by atoms with Crippen LogP contribution in [-0.4, -0.2) is 18.4 Å². The summed E-state index contributed by atoms with van der Waals surface area (Å²) in [4.78, 5) is 13.3. The van der Waals surface area contributed by atoms with Crippen molar-refractivity contribution >= 4 is 5.78 Å². The van der Waals surface area contributed by atoms with Gasteiger partial charge in [-0.2, -0.15) is 5.26 Å². The van der Waals surface area contributed by atoms with Gasteiger partial charge in [-0.15, -0.1) is 0 Å². The van der Waals surface area contributed by atoms with E-state index in [2.05, 4.69) is 32.2 Å². The molecule has 116 valence electrons. The molecule has 3 nitrogen and oxygen atoms in total. The van der Waals surface area contributed by atoms with Gasteiger partial charge in [0.1, 0.15) is 5.54 Å². The number of carbonyl (C=O) groups is 1. The fourth-order valence-corrected chi connectivity index (χ4v) is 5.07. The molecule has 5 atom stereocenters. The zero-order chi connectivity index (χ0) is 16.1. The highest BCUT2D eigenvalue weighted by molar-refractivity contribution is 5.95. The molecule has 1 aromatic carbocycles. The monoisotopic (exact) mass is 296 g/mol. The van der Waals surface area contributed by atoms with E-state index in [1.54, 1.807) is 0 Å². The summed E-state index contributed by atoms with van der Waals surface area (Å²) in [7, 11) is 1.83. The van der Waals surface area contributed by atoms with Crippen molar-refractivity contribution in [3.8, 4) is 6.07 Å². The van der Waals surface area contributed by atoms with Gasteiger partial charge in [-0.3, -0.25) is 4.79 Å². The van der Waals surface area contributed by atoms with Crippen molar-refractivity contribution in [1.29, 1.82) is 5.26 Å². The first-order chi connectivity index (χ1) is 10.4. The van der Waals surface area contributed by atoms with Gasteiger partial charge >= 0.3 is 0 Å². The highest BCUT2D eigenvalue weighted by Gasteiger charge is 2.68. The van der Waals surface area contributed by atoms with E-state index < -0.39 is 11.5 Å². The molecule has 0 aliphatic heterocycles. The van der Waals surface area contributed by atoms with Gasteiger partial charge in [0.05, 0.1) is 12.0 Å². The third-order valence-corrected chi connectivity index (χ3v) is 6.52. The van der Waals surface area contributed by atoms with E-state index in [9.17, 15) is 10.1 Å². The number of hydrogen-bond donors (Lipinski definition) is 1. The van der Waals surface area contributed by atoms with Gasteiger partial charge < -0.3 is 5.32 Å². The molecule has 0 aromatic heterocycles. The Hall–Kier alpha value is -1.66. The number of likely N-dealkylation sites (N-methyl/N-ethyl adjacent to an activating group) is 1. The Balaban J connectivity index is 2.10. The lowest BCUT2D eigenvalue weighted by atomic mass is 9.39. The van der Waals surface area contributed by atoms with Crippen molar-refractivity contribution in [3.63, 3.8) is 0 Å². The molecule has 0 heterocycles. The molecule has 4 rings (SSSR count). The molecule has 3 heteroatoms. The van der Waals surface area contributed by atoms with Crippen LogP contribution in [0.5, 0.6) is 0 Å². The molecule has 0 radical (unpaired) electrons. The van der Waals surface area contributed by atoms with E-state index in [1.165, 1.54) is 0 Å². The number of ketones is 1. The molecule has 0 amide bonds. The maximum absolute atomic E-state index is 13.3. The lowest BCUT2D eigenvalue weighted by Gasteiger charge is -2.65. The molecular weight excluding hydrogens is 272 g/mol. The number of hydrogen-bond acceptors (Lipinski definition) is 3. The van der Waals surface area contributed by atoms with Crippen molar-refractivity contribution in [1.82, 2.24) is 5.32 Å². The number of benzene rings is 1. The highest BCUT2D eigenvalue weighted by atomic mass is 16.1. The normalized spacial score (nSPS) is 37.0. The number of carbonyl (C=O) groups excluding carboxylic acids is 1. The second-order valence-corrected chi connectivity index (χ2v) is 7.46. The first-order valence-corrected chi connectivity index (χ1v) is 8.09. The van der Waals surface area contributed by atoms with Crippen LogP contribution in [0.1, 0.15) is 38.7 Å². The van der Waals surface area contributed by atoms with Gasteiger partial charge in [-0.05, 0) is 36.3 Å². The highest BCUT2D eigenvalue weighted by Crippen LogP contribution is 2.64. The van der Waals surface area contributed by atoms with Gasteiger partial charge in [0.25, 0.3) is 0 Å². The molecule has 1 aromatic rings. The van der Waals surface area contributed by atoms with Gasteiger partial charge in [0.15, 0.2) is 5.78 Å². The maximum Gasteiger partial charge on any atom is 0.158 e. The second-order valence-electron chi connectivity index (χ2n) is 7.46. The number of Topliss-reactive ketones (excluding diaryl/α,β-unsaturated/α-hetero) is 1. The third-order valence-electron chi connectivity index (χ3n) is 6.52. The van der Waals surface area contributed by atoms with Crippen molar-refractivity contribution in [3.05, 3.63) is 35.9 Å². The van der Waals surface area contributed by atoms with Gasteiger partial charge in [-0.25, -0.2) is 0 Å². The van der Waals surface area contributed by atoms with E-state index >= 15 is 0 Å². The standard InChI is InChI=1S/C19H24N2O/c1-12-14-10-15(18(14,2)3)17(22)19(12,21-4)16(11-20)13-8-6-5-7-9-13/h5-9,12,14-16,21H,10H2,1-4H3/t12-,14-,15+,16+,19-/m0/s1. The summed E-state index contributed by atoms with van der Waals surface area (Å²) >= 11 is 0. The summed E-state index contributed by atoms with van der Waals surface area (Å²) in [5.41, 5.74) is 0.228. The van der Waals surface area contributed by atoms with Crippen molar-refractivity contribution < 1.29 is 4.79 Å². The van der Waals surface area contributed by atoms with Gasteiger partial charge in [0.2, 0.25) is 0 Å². The Morgan fingerprint density at radius 3 is 2.41 bits per heavy atom. The fraction of sp³-hybridized carbons (Fsp3) is 0.579. The smallest absolute Gasteiger partial charge is 0.158 e. The molecule has 2 bridgehead atoms. The molecule has 22 heavy (non-hydrogen) atoms. The van der Waals surface area contributed by atoms with Crippen LogP contribution in [0.25, 0.3) is 0 Å². The summed E-state index contributed by atoms with van der Waals surface area (Å²) < 4.78 is 0. The van der Waals surface area contributed by atoms with Crippen LogP contribution in [0.4, 0.5) is 0 Å². The average molecular weight is 296 g/mol. The molecule has 1 N–H and O–H groups in total. The molecule has 0 spiro atoms. The van der Waals surface area contributed by atoms with Crippen molar-refractivity contribution in [2.24, 2.45) is 23.2 Å². The SMILES string of the molecule is CN[C@@]1([C@H](C#N)c2ccccc2)C(=O)[C@H]2C[C@@H]([C@@H]1C)C2(C)C. The lowest BCUT2D eigenvalue weighted by Crippen LogP contribution is -2.74. The molecule has 3 saturated carbocycles. The predicted octanol–water partition coefficient (Wildman–Crippen LogP) is 3.13. The van der Waals surface area contributed by atoms with Crippen LogP contribution < -0.4 is 5.32 Å². The molecule has 3 aliphatic carbocycles. The summed E-state index contributed by atoms with van der Waals surface area (Å²) in [5, 5.41) is 13.1. The van der Waals surface area contributed by atoms with Crippen LogP contribution in [0.15, 0.2) is 30.3 Å². The Morgan fingerprint density at radius 2 is 1.95 bits per heavy atom. The van der Waals surface area contributed by atoms with Crippen LogP contribution in [-0.2, 0) is 4.79 Å². The topological polar surface area (TPSA) is 52.9 Å². The minimum Gasteiger partial charge on any atom is -0.306 e. The average Bonchev–Trinajstić information content (AvgIpc) is 2.51. The number of nitrogens with zero attached hydrogens (tertiary/aromatic N) is 1. The number of nitrogens with one attached hydrogen (secondary N) is 1. The van der Waals surface area contributed by atoms with Crippen LogP contribution >= 0.6 is 0 Å². The molecule has 3 aliphatic rings. The Morgan fingerprint density at radius 1 is 1.32 bits per heavy atom. The molecule has 3 fully saturated rings. The Kier molecular flexibility index (Phi) is 3.41. The largest absolute Gasteiger partial charge is 0.306 e. The zero-order valence-electron chi connectivity index (χ0n) is 13.8. The van der Waals surface area contributed by atoms with Crippen molar-refractivity contribution in [2.45, 2.75) is 38.6 Å². The quantitative estimate of drug-likeness (QED) is 0.932. The number of rotatable bonds is 3. The van der Waals surface area contributed by atoms with Crippen LogP contribution in [0.3, 0.4) is 0 Å². The summed E-state index contributed by atoms with van der Waals surface area (Å²) in [6, 6.07) is 12.2. The summed E-state index contributed by atoms with van der Waals surface area (Å²) in [5.74, 6) is 0.491. The van der Waals surface area contributed by atoms with E-state index in [-0.39, 0.29) is 23.0 Å². The molecule has 0 unspecified atom stereocenters. The first kappa shape index (κ1) is 15.2. The number of fused-ring (bicyclic) bond motifs is 2. The third kappa shape index (κ3) is 1.68. The minimum absolute atomic E-state index is 0.0630. The molecule has 0 saturated heterocycles. The minimum atomic E-state index is -0.765. The Bertz CT molecular complexity index is 631. The van der Waals surface area contributed by atoms with E-state index in [4.69, 9.17) is 0 Å². The van der Waals surface area contributed by atoms with E-state index in [0.29, 0.717) is 5.92 Å². The molecular formula is C19H24N2O. The van der Waals surface area contributed by atoms with Crippen LogP contribution in [0, 0.1) is 34.5 Å². The summed E-state index contributed by atoms with van der Waals surface area (Å²) in [6.45, 7) is 6.54. The fourth-order valence-electron chi connectivity index (χ4n) is 5.07. The van der Waals surface area contributed by atoms with Gasteiger partial charge in [0, 0.05) is 5.92 Å². The van der Waals surface area contributed by atoms with E-state index in [0.717, 1.165) is 12.0 Å². The lowest BCUT2D eigenvalue weighted by molar-refractivity contribution is -0.175. The zero-order valence-corrected chi connectivity index (χ0v) is 13.8.